The zero-order valence-corrected chi connectivity index (χ0v) is 8.93. The minimum atomic E-state index is -4.38. The van der Waals surface area contributed by atoms with Crippen molar-refractivity contribution in [3.63, 3.8) is 0 Å². The van der Waals surface area contributed by atoms with Crippen molar-refractivity contribution in [2.45, 2.75) is 19.5 Å². The van der Waals surface area contributed by atoms with Crippen molar-refractivity contribution in [2.24, 2.45) is 0 Å². The Morgan fingerprint density at radius 3 is 2.71 bits per heavy atom. The monoisotopic (exact) mass is 242 g/mol. The molecule has 1 N–H and O–H groups in total. The van der Waals surface area contributed by atoms with Crippen LogP contribution in [0.3, 0.4) is 0 Å². The van der Waals surface area contributed by atoms with Gasteiger partial charge in [-0.05, 0) is 18.6 Å². The average molecular weight is 242 g/mol. The first-order chi connectivity index (χ1) is 7.87. The molecule has 2 rings (SSSR count). The van der Waals surface area contributed by atoms with Crippen LogP contribution in [0.25, 0.3) is 10.9 Å². The molecule has 3 nitrogen and oxygen atoms in total. The predicted octanol–water partition coefficient (Wildman–Crippen LogP) is 2.34. The van der Waals surface area contributed by atoms with Gasteiger partial charge in [-0.15, -0.1) is 0 Å². The molecule has 0 amide bonds. The van der Waals surface area contributed by atoms with Crippen molar-refractivity contribution < 1.29 is 13.2 Å². The standard InChI is InChI=1S/C11H9F3N2O/c1-6-3-2-4-7-9(6)15-8(16-10(7)17)5-11(12,13)14/h2-4H,5H2,1H3,(H,15,16,17). The van der Waals surface area contributed by atoms with E-state index in [0.717, 1.165) is 0 Å². The Morgan fingerprint density at radius 1 is 1.35 bits per heavy atom. The lowest BCUT2D eigenvalue weighted by Gasteiger charge is -2.07. The van der Waals surface area contributed by atoms with Crippen LogP contribution in [0.5, 0.6) is 0 Å². The van der Waals surface area contributed by atoms with Crippen molar-refractivity contribution in [1.29, 1.82) is 0 Å². The third kappa shape index (κ3) is 2.46. The number of benzene rings is 1. The second-order valence-corrected chi connectivity index (χ2v) is 3.78. The highest BCUT2D eigenvalue weighted by Crippen LogP contribution is 2.20. The first-order valence-corrected chi connectivity index (χ1v) is 4.92. The van der Waals surface area contributed by atoms with Crippen molar-refractivity contribution >= 4 is 10.9 Å². The molecule has 0 aliphatic heterocycles. The summed E-state index contributed by atoms with van der Waals surface area (Å²) in [6, 6.07) is 4.90. The fourth-order valence-corrected chi connectivity index (χ4v) is 1.63. The Labute approximate surface area is 94.3 Å². The summed E-state index contributed by atoms with van der Waals surface area (Å²) in [5.41, 5.74) is 0.450. The van der Waals surface area contributed by atoms with Gasteiger partial charge >= 0.3 is 6.18 Å². The smallest absolute Gasteiger partial charge is 0.310 e. The van der Waals surface area contributed by atoms with Crippen LogP contribution >= 0.6 is 0 Å². The largest absolute Gasteiger partial charge is 0.396 e. The number of hydrogen-bond acceptors (Lipinski definition) is 2. The number of alkyl halides is 3. The molecule has 0 radical (unpaired) electrons. The topological polar surface area (TPSA) is 45.8 Å². The van der Waals surface area contributed by atoms with Gasteiger partial charge in [0, 0.05) is 0 Å². The van der Waals surface area contributed by atoms with E-state index in [-0.39, 0.29) is 5.82 Å². The lowest BCUT2D eigenvalue weighted by atomic mass is 10.1. The van der Waals surface area contributed by atoms with E-state index in [4.69, 9.17) is 0 Å². The molecular formula is C11H9F3N2O. The number of para-hydroxylation sites is 1. The molecule has 1 aromatic carbocycles. The number of hydrogen-bond donors (Lipinski definition) is 1. The van der Waals surface area contributed by atoms with Gasteiger partial charge in [0.2, 0.25) is 0 Å². The van der Waals surface area contributed by atoms with E-state index in [0.29, 0.717) is 16.5 Å². The Balaban J connectivity index is 2.63. The molecule has 6 heteroatoms. The number of aromatic amines is 1. The second-order valence-electron chi connectivity index (χ2n) is 3.78. The van der Waals surface area contributed by atoms with E-state index >= 15 is 0 Å². The van der Waals surface area contributed by atoms with E-state index in [2.05, 4.69) is 9.97 Å². The number of H-pyrrole nitrogens is 1. The van der Waals surface area contributed by atoms with E-state index < -0.39 is 18.2 Å². The van der Waals surface area contributed by atoms with Crippen molar-refractivity contribution in [3.05, 3.63) is 39.9 Å². The highest BCUT2D eigenvalue weighted by atomic mass is 19.4. The van der Waals surface area contributed by atoms with Crippen LogP contribution in [-0.2, 0) is 6.42 Å². The van der Waals surface area contributed by atoms with Gasteiger partial charge in [-0.25, -0.2) is 4.98 Å². The summed E-state index contributed by atoms with van der Waals surface area (Å²) >= 11 is 0. The molecule has 0 spiro atoms. The molecule has 0 atom stereocenters. The van der Waals surface area contributed by atoms with Crippen LogP contribution in [0, 0.1) is 6.92 Å². The minimum Gasteiger partial charge on any atom is -0.310 e. The number of nitrogens with one attached hydrogen (secondary N) is 1. The molecule has 0 saturated heterocycles. The summed E-state index contributed by atoms with van der Waals surface area (Å²) in [4.78, 5) is 17.6. The Bertz CT molecular complexity index is 616. The molecule has 1 heterocycles. The number of halogens is 3. The first-order valence-electron chi connectivity index (χ1n) is 4.92. The molecule has 2 aromatic rings. The van der Waals surface area contributed by atoms with Gasteiger partial charge in [0.15, 0.2) is 0 Å². The number of aryl methyl sites for hydroxylation is 1. The molecule has 0 bridgehead atoms. The maximum atomic E-state index is 12.2. The van der Waals surface area contributed by atoms with Gasteiger partial charge in [0.05, 0.1) is 10.9 Å². The van der Waals surface area contributed by atoms with Crippen LogP contribution in [0.2, 0.25) is 0 Å². The quantitative estimate of drug-likeness (QED) is 0.834. The molecule has 17 heavy (non-hydrogen) atoms. The third-order valence-electron chi connectivity index (χ3n) is 2.35. The number of rotatable bonds is 1. The van der Waals surface area contributed by atoms with E-state index in [1.807, 2.05) is 0 Å². The van der Waals surface area contributed by atoms with Crippen LogP contribution < -0.4 is 5.56 Å². The van der Waals surface area contributed by atoms with E-state index in [1.165, 1.54) is 6.07 Å². The number of aromatic nitrogens is 2. The van der Waals surface area contributed by atoms with Gasteiger partial charge in [-0.2, -0.15) is 13.2 Å². The van der Waals surface area contributed by atoms with Gasteiger partial charge in [0.25, 0.3) is 5.56 Å². The molecule has 0 aliphatic carbocycles. The fraction of sp³-hybridized carbons (Fsp3) is 0.273. The predicted molar refractivity (Wildman–Crippen MR) is 56.9 cm³/mol. The van der Waals surface area contributed by atoms with Crippen LogP contribution in [0.15, 0.2) is 23.0 Å². The molecule has 0 aliphatic rings. The highest BCUT2D eigenvalue weighted by molar-refractivity contribution is 5.80. The van der Waals surface area contributed by atoms with Gasteiger partial charge in [-0.3, -0.25) is 4.79 Å². The maximum Gasteiger partial charge on any atom is 0.396 e. The lowest BCUT2D eigenvalue weighted by Crippen LogP contribution is -2.19. The summed E-state index contributed by atoms with van der Waals surface area (Å²) in [5, 5.41) is 0.302. The third-order valence-corrected chi connectivity index (χ3v) is 2.35. The maximum absolute atomic E-state index is 12.2. The van der Waals surface area contributed by atoms with Crippen LogP contribution in [0.4, 0.5) is 13.2 Å². The summed E-state index contributed by atoms with van der Waals surface area (Å²) in [7, 11) is 0. The minimum absolute atomic E-state index is 0.302. The Morgan fingerprint density at radius 2 is 2.06 bits per heavy atom. The zero-order chi connectivity index (χ0) is 12.6. The highest BCUT2D eigenvalue weighted by Gasteiger charge is 2.29. The molecular weight excluding hydrogens is 233 g/mol. The fourth-order valence-electron chi connectivity index (χ4n) is 1.63. The molecule has 90 valence electrons. The molecule has 0 fully saturated rings. The van der Waals surface area contributed by atoms with Crippen molar-refractivity contribution in [1.82, 2.24) is 9.97 Å². The van der Waals surface area contributed by atoms with Gasteiger partial charge in [0.1, 0.15) is 12.2 Å². The van der Waals surface area contributed by atoms with Crippen LogP contribution in [-0.4, -0.2) is 16.1 Å². The normalized spacial score (nSPS) is 12.0. The summed E-state index contributed by atoms with van der Waals surface area (Å²) in [5.74, 6) is -0.357. The van der Waals surface area contributed by atoms with E-state index in [1.54, 1.807) is 19.1 Å². The van der Waals surface area contributed by atoms with Gasteiger partial charge in [-0.1, -0.05) is 12.1 Å². The van der Waals surface area contributed by atoms with Gasteiger partial charge < -0.3 is 4.98 Å². The van der Waals surface area contributed by atoms with Crippen LogP contribution in [0.1, 0.15) is 11.4 Å². The lowest BCUT2D eigenvalue weighted by molar-refractivity contribution is -0.128. The number of nitrogens with zero attached hydrogens (tertiary/aromatic N) is 1. The molecule has 0 saturated carbocycles. The number of fused-ring (bicyclic) bond motifs is 1. The summed E-state index contributed by atoms with van der Waals surface area (Å²) in [6.45, 7) is 1.70. The van der Waals surface area contributed by atoms with E-state index in [9.17, 15) is 18.0 Å². The van der Waals surface area contributed by atoms with Crippen molar-refractivity contribution in [3.8, 4) is 0 Å². The summed E-state index contributed by atoms with van der Waals surface area (Å²) < 4.78 is 36.6. The SMILES string of the molecule is Cc1cccc2c(=O)[nH]c(CC(F)(F)F)nc12. The van der Waals surface area contributed by atoms with Crippen molar-refractivity contribution in [2.75, 3.05) is 0 Å². The average Bonchev–Trinajstić information content (AvgIpc) is 2.17. The Kier molecular flexibility index (Phi) is 2.65. The second kappa shape index (κ2) is 3.87. The Hall–Kier alpha value is -1.85. The molecule has 0 unspecified atom stereocenters. The zero-order valence-electron chi connectivity index (χ0n) is 8.93. The molecule has 1 aromatic heterocycles. The summed E-state index contributed by atoms with van der Waals surface area (Å²) in [6.07, 6.45) is -5.61. The first kappa shape index (κ1) is 11.6.